The number of nitrogens with one attached hydrogen (secondary N) is 1. The average molecular weight is 396 g/mol. The Hall–Kier alpha value is -2.36. The highest BCUT2D eigenvalue weighted by Gasteiger charge is 2.35. The van der Waals surface area contributed by atoms with Gasteiger partial charge in [-0.05, 0) is 43.2 Å². The molecule has 0 aromatic heterocycles. The van der Waals surface area contributed by atoms with Crippen molar-refractivity contribution in [2.24, 2.45) is 0 Å². The van der Waals surface area contributed by atoms with E-state index < -0.39 is 33.6 Å². The van der Waals surface area contributed by atoms with Gasteiger partial charge in [0.15, 0.2) is 11.6 Å². The van der Waals surface area contributed by atoms with Crippen molar-refractivity contribution in [2.75, 3.05) is 18.5 Å². The van der Waals surface area contributed by atoms with Crippen molar-refractivity contribution in [3.8, 4) is 0 Å². The Bertz CT molecular complexity index is 966. The molecular formula is C18H18F2N2O4S. The van der Waals surface area contributed by atoms with Gasteiger partial charge in [-0.25, -0.2) is 17.2 Å². The second-order valence-electron chi connectivity index (χ2n) is 6.21. The molecule has 1 fully saturated rings. The molecule has 0 radical (unpaired) electrons. The Kier molecular flexibility index (Phi) is 5.54. The number of hydrogen-bond donors (Lipinski definition) is 2. The molecule has 0 saturated carbocycles. The Morgan fingerprint density at radius 3 is 2.67 bits per heavy atom. The van der Waals surface area contributed by atoms with Crippen molar-refractivity contribution >= 4 is 21.6 Å². The molecule has 2 aromatic rings. The molecule has 1 atom stereocenters. The molecule has 0 aliphatic carbocycles. The van der Waals surface area contributed by atoms with E-state index in [0.717, 1.165) is 12.1 Å². The van der Waals surface area contributed by atoms with Crippen LogP contribution >= 0.6 is 0 Å². The summed E-state index contributed by atoms with van der Waals surface area (Å²) in [6, 6.07) is 7.88. The third-order valence-electron chi connectivity index (χ3n) is 4.41. The van der Waals surface area contributed by atoms with Gasteiger partial charge >= 0.3 is 0 Å². The number of hydrogen-bond acceptors (Lipinski definition) is 4. The first-order chi connectivity index (χ1) is 12.8. The van der Waals surface area contributed by atoms with E-state index in [2.05, 4.69) is 5.32 Å². The molecule has 1 aliphatic rings. The van der Waals surface area contributed by atoms with E-state index in [0.29, 0.717) is 19.4 Å². The number of amides is 1. The van der Waals surface area contributed by atoms with Crippen molar-refractivity contribution in [1.82, 2.24) is 4.31 Å². The number of carbonyl (C=O) groups is 1. The second kappa shape index (κ2) is 7.71. The molecule has 2 N–H and O–H groups in total. The van der Waals surface area contributed by atoms with E-state index in [4.69, 9.17) is 0 Å². The van der Waals surface area contributed by atoms with Crippen molar-refractivity contribution in [3.63, 3.8) is 0 Å². The number of benzene rings is 2. The summed E-state index contributed by atoms with van der Waals surface area (Å²) in [7, 11) is -3.86. The van der Waals surface area contributed by atoms with E-state index in [1.807, 2.05) is 0 Å². The third-order valence-corrected chi connectivity index (χ3v) is 6.36. The number of anilines is 1. The normalized spacial score (nSPS) is 17.8. The number of nitrogens with zero attached hydrogens (tertiary/aromatic N) is 1. The zero-order valence-electron chi connectivity index (χ0n) is 14.2. The SMILES string of the molecule is O=C(Nc1ccc(F)c(F)c1)c1cccc(S(=O)(=O)N2CCCC2CO)c1. The van der Waals surface area contributed by atoms with Crippen LogP contribution in [0.3, 0.4) is 0 Å². The Balaban J connectivity index is 1.84. The molecular weight excluding hydrogens is 378 g/mol. The van der Waals surface area contributed by atoms with Gasteiger partial charge in [-0.2, -0.15) is 4.31 Å². The highest BCUT2D eigenvalue weighted by Crippen LogP contribution is 2.26. The highest BCUT2D eigenvalue weighted by atomic mass is 32.2. The molecule has 144 valence electrons. The molecule has 2 aromatic carbocycles. The predicted octanol–water partition coefficient (Wildman–Crippen LogP) is 2.36. The summed E-state index contributed by atoms with van der Waals surface area (Å²) in [6.45, 7) is 0.0361. The molecule has 9 heteroatoms. The highest BCUT2D eigenvalue weighted by molar-refractivity contribution is 7.89. The molecule has 27 heavy (non-hydrogen) atoms. The minimum Gasteiger partial charge on any atom is -0.395 e. The summed E-state index contributed by atoms with van der Waals surface area (Å²) < 4.78 is 53.1. The lowest BCUT2D eigenvalue weighted by Gasteiger charge is -2.22. The smallest absolute Gasteiger partial charge is 0.255 e. The number of rotatable bonds is 5. The van der Waals surface area contributed by atoms with Crippen LogP contribution in [0.4, 0.5) is 14.5 Å². The fraction of sp³-hybridized carbons (Fsp3) is 0.278. The van der Waals surface area contributed by atoms with Crippen LogP contribution in [0.25, 0.3) is 0 Å². The van der Waals surface area contributed by atoms with Crippen molar-refractivity contribution in [3.05, 3.63) is 59.7 Å². The number of aliphatic hydroxyl groups excluding tert-OH is 1. The van der Waals surface area contributed by atoms with Gasteiger partial charge < -0.3 is 10.4 Å². The van der Waals surface area contributed by atoms with Crippen LogP contribution in [-0.2, 0) is 10.0 Å². The van der Waals surface area contributed by atoms with Gasteiger partial charge in [0.25, 0.3) is 5.91 Å². The van der Waals surface area contributed by atoms with E-state index >= 15 is 0 Å². The molecule has 1 aliphatic heterocycles. The van der Waals surface area contributed by atoms with Gasteiger partial charge in [-0.1, -0.05) is 6.07 Å². The minimum absolute atomic E-state index is 0.0482. The Morgan fingerprint density at radius 1 is 1.19 bits per heavy atom. The average Bonchev–Trinajstić information content (AvgIpc) is 3.14. The van der Waals surface area contributed by atoms with Crippen LogP contribution in [0.5, 0.6) is 0 Å². The number of carbonyl (C=O) groups excluding carboxylic acids is 1. The first-order valence-corrected chi connectivity index (χ1v) is 9.76. The monoisotopic (exact) mass is 396 g/mol. The van der Waals surface area contributed by atoms with E-state index in [9.17, 15) is 27.1 Å². The van der Waals surface area contributed by atoms with Gasteiger partial charge in [0, 0.05) is 29.9 Å². The number of aliphatic hydroxyl groups is 1. The third kappa shape index (κ3) is 4.00. The summed E-state index contributed by atoms with van der Waals surface area (Å²) in [4.78, 5) is 12.3. The van der Waals surface area contributed by atoms with E-state index in [1.165, 1.54) is 34.6 Å². The lowest BCUT2D eigenvalue weighted by molar-refractivity contribution is 0.102. The topological polar surface area (TPSA) is 86.7 Å². The molecule has 6 nitrogen and oxygen atoms in total. The molecule has 1 amide bonds. The molecule has 1 unspecified atom stereocenters. The summed E-state index contributed by atoms with van der Waals surface area (Å²) in [6.07, 6.45) is 1.23. The first kappa shape index (κ1) is 19.4. The summed E-state index contributed by atoms with van der Waals surface area (Å²) in [5.41, 5.74) is 0.104. The van der Waals surface area contributed by atoms with E-state index in [-0.39, 0.29) is 22.8 Å². The van der Waals surface area contributed by atoms with E-state index in [1.54, 1.807) is 0 Å². The molecule has 3 rings (SSSR count). The maximum atomic E-state index is 13.3. The van der Waals surface area contributed by atoms with Gasteiger partial charge in [0.1, 0.15) is 0 Å². The van der Waals surface area contributed by atoms with Crippen molar-refractivity contribution in [1.29, 1.82) is 0 Å². The molecule has 0 spiro atoms. The second-order valence-corrected chi connectivity index (χ2v) is 8.10. The standard InChI is InChI=1S/C18H18F2N2O4S/c19-16-7-6-13(10-17(16)20)21-18(24)12-3-1-5-15(9-12)27(25,26)22-8-2-4-14(22)11-23/h1,3,5-7,9-10,14,23H,2,4,8,11H2,(H,21,24). The largest absolute Gasteiger partial charge is 0.395 e. The maximum Gasteiger partial charge on any atom is 0.255 e. The van der Waals surface area contributed by atoms with Gasteiger partial charge in [0.2, 0.25) is 10.0 Å². The first-order valence-electron chi connectivity index (χ1n) is 8.32. The van der Waals surface area contributed by atoms with Crippen LogP contribution < -0.4 is 5.32 Å². The van der Waals surface area contributed by atoms with Crippen LogP contribution in [-0.4, -0.2) is 42.9 Å². The molecule has 0 bridgehead atoms. The number of sulfonamides is 1. The zero-order valence-corrected chi connectivity index (χ0v) is 15.0. The summed E-state index contributed by atoms with van der Waals surface area (Å²) >= 11 is 0. The fourth-order valence-electron chi connectivity index (χ4n) is 3.02. The molecule has 1 heterocycles. The Labute approximate surface area is 155 Å². The Morgan fingerprint density at radius 2 is 1.96 bits per heavy atom. The number of halogens is 2. The van der Waals surface area contributed by atoms with Gasteiger partial charge in [-0.3, -0.25) is 4.79 Å². The summed E-state index contributed by atoms with van der Waals surface area (Å²) in [5.74, 6) is -2.79. The fourth-order valence-corrected chi connectivity index (χ4v) is 4.75. The van der Waals surface area contributed by atoms with Crippen LogP contribution in [0.1, 0.15) is 23.2 Å². The van der Waals surface area contributed by atoms with Crippen LogP contribution in [0, 0.1) is 11.6 Å². The molecule has 1 saturated heterocycles. The lowest BCUT2D eigenvalue weighted by Crippen LogP contribution is -2.37. The maximum absolute atomic E-state index is 13.3. The predicted molar refractivity (Wildman–Crippen MR) is 94.8 cm³/mol. The van der Waals surface area contributed by atoms with Crippen LogP contribution in [0.15, 0.2) is 47.4 Å². The van der Waals surface area contributed by atoms with Crippen LogP contribution in [0.2, 0.25) is 0 Å². The van der Waals surface area contributed by atoms with Gasteiger partial charge in [0.05, 0.1) is 11.5 Å². The summed E-state index contributed by atoms with van der Waals surface area (Å²) in [5, 5.41) is 11.8. The zero-order chi connectivity index (χ0) is 19.6. The quantitative estimate of drug-likeness (QED) is 0.812. The van der Waals surface area contributed by atoms with Gasteiger partial charge in [-0.15, -0.1) is 0 Å². The minimum atomic E-state index is -3.86. The van der Waals surface area contributed by atoms with Crippen molar-refractivity contribution < 1.29 is 27.1 Å². The van der Waals surface area contributed by atoms with Crippen molar-refractivity contribution in [2.45, 2.75) is 23.8 Å². The lowest BCUT2D eigenvalue weighted by atomic mass is 10.2.